The van der Waals surface area contributed by atoms with Crippen LogP contribution in [0.1, 0.15) is 51.2 Å². The number of nitrogens with one attached hydrogen (secondary N) is 1. The van der Waals surface area contributed by atoms with Gasteiger partial charge in [-0.1, -0.05) is 6.92 Å². The van der Waals surface area contributed by atoms with Crippen molar-refractivity contribution < 1.29 is 0 Å². The van der Waals surface area contributed by atoms with Crippen molar-refractivity contribution in [1.82, 2.24) is 5.12 Å². The molecule has 0 aromatic heterocycles. The molecule has 1 N–H and O–H groups in total. The highest BCUT2D eigenvalue weighted by Crippen LogP contribution is 2.41. The number of aliphatic imine (C=N–C) groups is 2. The predicted molar refractivity (Wildman–Crippen MR) is 115 cm³/mol. The molecule has 0 saturated carbocycles. The average Bonchev–Trinajstić information content (AvgIpc) is 2.84. The van der Waals surface area contributed by atoms with Crippen molar-refractivity contribution in [2.45, 2.75) is 52.5 Å². The maximum absolute atomic E-state index is 4.88. The molecule has 2 aliphatic heterocycles. The summed E-state index contributed by atoms with van der Waals surface area (Å²) >= 11 is 4.19. The first-order valence-electron chi connectivity index (χ1n) is 8.75. The van der Waals surface area contributed by atoms with Crippen molar-refractivity contribution in [3.8, 4) is 0 Å². The monoisotopic (exact) mass is 370 g/mol. The molecule has 0 bridgehead atoms. The van der Waals surface area contributed by atoms with Gasteiger partial charge in [-0.05, 0) is 63.3 Å². The molecule has 0 fully saturated rings. The van der Waals surface area contributed by atoms with Crippen LogP contribution in [0, 0.1) is 6.92 Å². The number of hydrogen-bond acceptors (Lipinski definition) is 6. The predicted octanol–water partition coefficient (Wildman–Crippen LogP) is 4.36. The van der Waals surface area contributed by atoms with Crippen LogP contribution in [-0.4, -0.2) is 40.5 Å². The minimum Gasteiger partial charge on any atom is -0.380 e. The lowest BCUT2D eigenvalue weighted by molar-refractivity contribution is 0.454. The summed E-state index contributed by atoms with van der Waals surface area (Å²) in [4.78, 5) is 9.25. The highest BCUT2D eigenvalue weighted by Gasteiger charge is 2.31. The summed E-state index contributed by atoms with van der Waals surface area (Å²) < 4.78 is 0. The molecule has 2 heterocycles. The Kier molecular flexibility index (Phi) is 4.92. The van der Waals surface area contributed by atoms with Crippen LogP contribution in [0.15, 0.2) is 32.3 Å². The summed E-state index contributed by atoms with van der Waals surface area (Å²) in [7, 11) is 0. The molecule has 6 nitrogen and oxygen atoms in total. The fourth-order valence-corrected chi connectivity index (χ4v) is 3.82. The smallest absolute Gasteiger partial charge is 0.198 e. The minimum atomic E-state index is 0.101. The maximum Gasteiger partial charge on any atom is 0.198 e. The second-order valence-electron chi connectivity index (χ2n) is 7.54. The lowest BCUT2D eigenvalue weighted by atomic mass is 9.81. The minimum absolute atomic E-state index is 0.101. The number of hydrogen-bond donors (Lipinski definition) is 2. The Morgan fingerprint density at radius 3 is 2.77 bits per heavy atom. The first kappa shape index (κ1) is 18.6. The van der Waals surface area contributed by atoms with Gasteiger partial charge in [-0.3, -0.25) is 4.99 Å². The Morgan fingerprint density at radius 1 is 1.38 bits per heavy atom. The lowest BCUT2D eigenvalue weighted by Gasteiger charge is -2.38. The van der Waals surface area contributed by atoms with E-state index in [-0.39, 0.29) is 5.54 Å². The number of benzene rings is 1. The van der Waals surface area contributed by atoms with E-state index >= 15 is 0 Å². The fourth-order valence-electron chi connectivity index (χ4n) is 3.69. The van der Waals surface area contributed by atoms with Crippen LogP contribution in [0.2, 0.25) is 0 Å². The van der Waals surface area contributed by atoms with Crippen LogP contribution < -0.4 is 5.32 Å². The normalized spacial score (nSPS) is 24.5. The van der Waals surface area contributed by atoms with Gasteiger partial charge < -0.3 is 5.32 Å². The van der Waals surface area contributed by atoms with E-state index in [0.717, 1.165) is 23.4 Å². The number of anilines is 1. The zero-order chi connectivity index (χ0) is 19.1. The molecule has 0 saturated heterocycles. The van der Waals surface area contributed by atoms with Crippen molar-refractivity contribution in [2.75, 3.05) is 11.2 Å². The van der Waals surface area contributed by atoms with Crippen molar-refractivity contribution in [2.24, 2.45) is 20.2 Å². The molecule has 2 aliphatic rings. The summed E-state index contributed by atoms with van der Waals surface area (Å²) in [6, 6.07) is 4.37. The van der Waals surface area contributed by atoms with Crippen LogP contribution in [0.5, 0.6) is 0 Å². The third-order valence-corrected chi connectivity index (χ3v) is 4.91. The lowest BCUT2D eigenvalue weighted by Crippen LogP contribution is -2.36. The van der Waals surface area contributed by atoms with Crippen LogP contribution >= 0.6 is 12.6 Å². The number of hydrazone groups is 2. The van der Waals surface area contributed by atoms with Crippen LogP contribution in [0.25, 0.3) is 0 Å². The van der Waals surface area contributed by atoms with Crippen molar-refractivity contribution in [3.05, 3.63) is 23.3 Å². The molecule has 26 heavy (non-hydrogen) atoms. The third kappa shape index (κ3) is 3.40. The molecule has 0 spiro atoms. The van der Waals surface area contributed by atoms with Crippen molar-refractivity contribution >= 4 is 48.0 Å². The second kappa shape index (κ2) is 6.87. The number of fused-ring (bicyclic) bond motifs is 1. The van der Waals surface area contributed by atoms with Crippen molar-refractivity contribution in [1.29, 1.82) is 0 Å². The topological polar surface area (TPSA) is 64.7 Å². The van der Waals surface area contributed by atoms with Crippen molar-refractivity contribution in [3.63, 3.8) is 0 Å². The number of thiol groups is 1. The largest absolute Gasteiger partial charge is 0.380 e. The van der Waals surface area contributed by atoms with Gasteiger partial charge >= 0.3 is 0 Å². The standard InChI is InChI=1S/C19H26N6S/c1-11-7-16-14(12(2)9-19(4,5)23-16)8-15(11)22-17-13(3)24-25(20-6)18(17)21-10-26/h7-8,12,23,26H,6,9-10H2,1-5H3/b21-18-,22-17?. The molecule has 7 heteroatoms. The average molecular weight is 371 g/mol. The van der Waals surface area contributed by atoms with E-state index in [4.69, 9.17) is 4.99 Å². The summed E-state index contributed by atoms with van der Waals surface area (Å²) in [5.41, 5.74) is 6.12. The Morgan fingerprint density at radius 2 is 2.12 bits per heavy atom. The molecule has 138 valence electrons. The quantitative estimate of drug-likeness (QED) is 0.613. The molecular weight excluding hydrogens is 344 g/mol. The summed E-state index contributed by atoms with van der Waals surface area (Å²) in [5, 5.41) is 13.3. The fraction of sp³-hybridized carbons (Fsp3) is 0.474. The molecule has 0 aliphatic carbocycles. The SMILES string of the molecule is C=NN1N=C(C)C(=Nc2cc3c(cc2C)NC(C)(C)CC3C)/C1=N/CS. The Labute approximate surface area is 160 Å². The zero-order valence-electron chi connectivity index (χ0n) is 16.0. The Bertz CT molecular complexity index is 837. The second-order valence-corrected chi connectivity index (χ2v) is 7.82. The Balaban J connectivity index is 2.07. The molecule has 1 aromatic rings. The summed E-state index contributed by atoms with van der Waals surface area (Å²) in [5.74, 6) is 1.38. The first-order chi connectivity index (χ1) is 12.3. The van der Waals surface area contributed by atoms with Gasteiger partial charge in [-0.15, -0.1) is 5.12 Å². The van der Waals surface area contributed by atoms with Gasteiger partial charge in [0, 0.05) is 17.9 Å². The molecular formula is C19H26N6S. The molecule has 1 unspecified atom stereocenters. The Hall–Kier alpha value is -2.15. The first-order valence-corrected chi connectivity index (χ1v) is 9.38. The van der Waals surface area contributed by atoms with E-state index in [1.807, 2.05) is 6.92 Å². The zero-order valence-corrected chi connectivity index (χ0v) is 16.9. The van der Waals surface area contributed by atoms with Crippen LogP contribution in [0.4, 0.5) is 11.4 Å². The number of aryl methyl sites for hydroxylation is 1. The molecule has 0 radical (unpaired) electrons. The van der Waals surface area contributed by atoms with Gasteiger partial charge in [0.2, 0.25) is 0 Å². The van der Waals surface area contributed by atoms with Gasteiger partial charge in [0.15, 0.2) is 5.84 Å². The van der Waals surface area contributed by atoms with E-state index in [1.165, 1.54) is 16.4 Å². The highest BCUT2D eigenvalue weighted by atomic mass is 32.1. The maximum atomic E-state index is 4.88. The third-order valence-electron chi connectivity index (χ3n) is 4.76. The highest BCUT2D eigenvalue weighted by molar-refractivity contribution is 7.80. The van der Waals surface area contributed by atoms with Gasteiger partial charge in [0.1, 0.15) is 5.71 Å². The van der Waals surface area contributed by atoms with E-state index in [0.29, 0.717) is 23.3 Å². The number of amidine groups is 1. The van der Waals surface area contributed by atoms with E-state index in [1.54, 1.807) is 0 Å². The van der Waals surface area contributed by atoms with Gasteiger partial charge in [0.25, 0.3) is 0 Å². The van der Waals surface area contributed by atoms with Crippen LogP contribution in [0.3, 0.4) is 0 Å². The molecule has 3 rings (SSSR count). The molecule has 1 atom stereocenters. The molecule has 1 aromatic carbocycles. The van der Waals surface area contributed by atoms with E-state index < -0.39 is 0 Å². The number of nitrogens with zero attached hydrogens (tertiary/aromatic N) is 5. The van der Waals surface area contributed by atoms with Gasteiger partial charge in [0.05, 0.1) is 17.3 Å². The van der Waals surface area contributed by atoms with Gasteiger partial charge in [-0.2, -0.15) is 22.8 Å². The molecule has 0 amide bonds. The van der Waals surface area contributed by atoms with E-state index in [2.05, 4.69) is 79.7 Å². The summed E-state index contributed by atoms with van der Waals surface area (Å²) in [6.45, 7) is 14.3. The number of rotatable bonds is 3. The summed E-state index contributed by atoms with van der Waals surface area (Å²) in [6.07, 6.45) is 1.08. The van der Waals surface area contributed by atoms with E-state index in [9.17, 15) is 0 Å². The van der Waals surface area contributed by atoms with Crippen LogP contribution in [-0.2, 0) is 0 Å². The van der Waals surface area contributed by atoms with Gasteiger partial charge in [-0.25, -0.2) is 4.99 Å².